The zero-order chi connectivity index (χ0) is 13.9. The molecule has 0 saturated heterocycles. The molecule has 0 radical (unpaired) electrons. The lowest BCUT2D eigenvalue weighted by molar-refractivity contribution is -0.156. The van der Waals surface area contributed by atoms with Gasteiger partial charge in [-0.3, -0.25) is 4.79 Å². The Labute approximate surface area is 104 Å². The van der Waals surface area contributed by atoms with Crippen LogP contribution in [-0.4, -0.2) is 35.2 Å². The van der Waals surface area contributed by atoms with Crippen molar-refractivity contribution in [2.24, 2.45) is 0 Å². The van der Waals surface area contributed by atoms with E-state index in [1.807, 2.05) is 0 Å². The molecule has 0 bridgehead atoms. The van der Waals surface area contributed by atoms with Crippen molar-refractivity contribution < 1.29 is 24.5 Å². The molecule has 6 heteroatoms. The van der Waals surface area contributed by atoms with Crippen molar-refractivity contribution in [3.63, 3.8) is 0 Å². The SMILES string of the molecule is COC(=O)C(O)C(O)c1ccc(C(C)=O)cc1N. The lowest BCUT2D eigenvalue weighted by Crippen LogP contribution is -2.29. The van der Waals surface area contributed by atoms with Crippen LogP contribution < -0.4 is 5.73 Å². The van der Waals surface area contributed by atoms with Gasteiger partial charge in [0.15, 0.2) is 11.9 Å². The van der Waals surface area contributed by atoms with Gasteiger partial charge in [0.2, 0.25) is 0 Å². The Morgan fingerprint density at radius 3 is 2.39 bits per heavy atom. The highest BCUT2D eigenvalue weighted by molar-refractivity contribution is 5.95. The number of anilines is 1. The maximum Gasteiger partial charge on any atom is 0.337 e. The van der Waals surface area contributed by atoms with Crippen LogP contribution in [0.2, 0.25) is 0 Å². The Balaban J connectivity index is 3.03. The molecule has 98 valence electrons. The summed E-state index contributed by atoms with van der Waals surface area (Å²) < 4.78 is 4.31. The number of aliphatic hydroxyl groups is 2. The number of benzene rings is 1. The first-order chi connectivity index (χ1) is 8.38. The third kappa shape index (κ3) is 2.85. The average Bonchev–Trinajstić information content (AvgIpc) is 2.35. The summed E-state index contributed by atoms with van der Waals surface area (Å²) in [6.07, 6.45) is -3.22. The van der Waals surface area contributed by atoms with Crippen molar-refractivity contribution in [1.82, 2.24) is 0 Å². The topological polar surface area (TPSA) is 110 Å². The number of esters is 1. The van der Waals surface area contributed by atoms with E-state index >= 15 is 0 Å². The van der Waals surface area contributed by atoms with Crippen molar-refractivity contribution in [2.75, 3.05) is 12.8 Å². The summed E-state index contributed by atoms with van der Waals surface area (Å²) in [5, 5.41) is 19.3. The molecule has 0 aliphatic heterocycles. The van der Waals surface area contributed by atoms with Crippen molar-refractivity contribution in [1.29, 1.82) is 0 Å². The first-order valence-electron chi connectivity index (χ1n) is 5.22. The molecule has 2 atom stereocenters. The quantitative estimate of drug-likeness (QED) is 0.397. The van der Waals surface area contributed by atoms with Crippen LogP contribution in [0.1, 0.15) is 28.9 Å². The molecule has 0 spiro atoms. The minimum atomic E-state index is -1.72. The molecule has 0 heterocycles. The largest absolute Gasteiger partial charge is 0.467 e. The highest BCUT2D eigenvalue weighted by atomic mass is 16.5. The summed E-state index contributed by atoms with van der Waals surface area (Å²) >= 11 is 0. The molecule has 2 unspecified atom stereocenters. The number of ketones is 1. The van der Waals surface area contributed by atoms with Gasteiger partial charge in [-0.15, -0.1) is 0 Å². The van der Waals surface area contributed by atoms with Crippen LogP contribution in [0.15, 0.2) is 18.2 Å². The Hall–Kier alpha value is -1.92. The second-order valence-electron chi connectivity index (χ2n) is 3.81. The van der Waals surface area contributed by atoms with E-state index in [4.69, 9.17) is 5.73 Å². The number of methoxy groups -OCH3 is 1. The lowest BCUT2D eigenvalue weighted by Gasteiger charge is -2.18. The van der Waals surface area contributed by atoms with Gasteiger partial charge in [-0.25, -0.2) is 4.79 Å². The molecule has 1 rings (SSSR count). The molecule has 18 heavy (non-hydrogen) atoms. The third-order valence-corrected chi connectivity index (χ3v) is 2.55. The molecule has 0 aliphatic carbocycles. The van der Waals surface area contributed by atoms with E-state index in [-0.39, 0.29) is 17.0 Å². The van der Waals surface area contributed by atoms with Crippen molar-refractivity contribution >= 4 is 17.4 Å². The molecule has 1 aromatic carbocycles. The number of Topliss-reactive ketones (excluding diaryl/α,β-unsaturated/α-hetero) is 1. The van der Waals surface area contributed by atoms with Gasteiger partial charge in [-0.05, 0) is 13.0 Å². The van der Waals surface area contributed by atoms with Crippen LogP contribution in [-0.2, 0) is 9.53 Å². The van der Waals surface area contributed by atoms with Gasteiger partial charge in [0.05, 0.1) is 7.11 Å². The van der Waals surface area contributed by atoms with E-state index in [0.29, 0.717) is 5.56 Å². The van der Waals surface area contributed by atoms with E-state index in [0.717, 1.165) is 7.11 Å². The number of carbonyl (C=O) groups excluding carboxylic acids is 2. The molecule has 4 N–H and O–H groups in total. The molecule has 0 fully saturated rings. The second kappa shape index (κ2) is 5.61. The van der Waals surface area contributed by atoms with E-state index in [1.165, 1.54) is 25.1 Å². The van der Waals surface area contributed by atoms with Crippen LogP contribution in [0.5, 0.6) is 0 Å². The van der Waals surface area contributed by atoms with Crippen molar-refractivity contribution in [3.8, 4) is 0 Å². The monoisotopic (exact) mass is 253 g/mol. The van der Waals surface area contributed by atoms with Gasteiger partial charge in [-0.2, -0.15) is 0 Å². The minimum absolute atomic E-state index is 0.123. The third-order valence-electron chi connectivity index (χ3n) is 2.55. The predicted octanol–water partition coefficient (Wildman–Crippen LogP) is 0.0387. The Kier molecular flexibility index (Phi) is 4.41. The fraction of sp³-hybridized carbons (Fsp3) is 0.333. The lowest BCUT2D eigenvalue weighted by atomic mass is 9.99. The first-order valence-corrected chi connectivity index (χ1v) is 5.22. The van der Waals surface area contributed by atoms with Gasteiger partial charge in [-0.1, -0.05) is 12.1 Å². The summed E-state index contributed by atoms with van der Waals surface area (Å²) in [7, 11) is 1.10. The average molecular weight is 253 g/mol. The number of carbonyl (C=O) groups is 2. The van der Waals surface area contributed by atoms with Crippen LogP contribution in [0.3, 0.4) is 0 Å². The van der Waals surface area contributed by atoms with E-state index in [1.54, 1.807) is 0 Å². The number of hydrogen-bond donors (Lipinski definition) is 3. The molecule has 0 aromatic heterocycles. The predicted molar refractivity (Wildman–Crippen MR) is 63.8 cm³/mol. The summed E-state index contributed by atoms with van der Waals surface area (Å²) in [5.74, 6) is -1.13. The molecular formula is C12H15NO5. The fourth-order valence-corrected chi connectivity index (χ4v) is 1.48. The number of hydrogen-bond acceptors (Lipinski definition) is 6. The van der Waals surface area contributed by atoms with E-state index < -0.39 is 18.2 Å². The maximum atomic E-state index is 11.1. The number of nitrogen functional groups attached to an aromatic ring is 1. The highest BCUT2D eigenvalue weighted by Gasteiger charge is 2.27. The smallest absolute Gasteiger partial charge is 0.337 e. The summed E-state index contributed by atoms with van der Waals surface area (Å²) in [4.78, 5) is 22.2. The van der Waals surface area contributed by atoms with E-state index in [9.17, 15) is 19.8 Å². The molecule has 6 nitrogen and oxygen atoms in total. The van der Waals surface area contributed by atoms with Crippen LogP contribution >= 0.6 is 0 Å². The van der Waals surface area contributed by atoms with Crippen LogP contribution in [0.25, 0.3) is 0 Å². The Bertz CT molecular complexity index is 472. The van der Waals surface area contributed by atoms with Crippen molar-refractivity contribution in [3.05, 3.63) is 29.3 Å². The number of ether oxygens (including phenoxy) is 1. The van der Waals surface area contributed by atoms with Gasteiger partial charge >= 0.3 is 5.97 Å². The molecule has 0 amide bonds. The van der Waals surface area contributed by atoms with Gasteiger partial charge in [0.1, 0.15) is 6.10 Å². The summed E-state index contributed by atoms with van der Waals surface area (Å²) in [5.41, 5.74) is 6.34. The van der Waals surface area contributed by atoms with E-state index in [2.05, 4.69) is 4.74 Å². The number of aliphatic hydroxyl groups excluding tert-OH is 2. The van der Waals surface area contributed by atoms with Crippen LogP contribution in [0.4, 0.5) is 5.69 Å². The van der Waals surface area contributed by atoms with Gasteiger partial charge < -0.3 is 20.7 Å². The number of nitrogens with two attached hydrogens (primary N) is 1. The number of rotatable bonds is 4. The zero-order valence-corrected chi connectivity index (χ0v) is 10.1. The fourth-order valence-electron chi connectivity index (χ4n) is 1.48. The standard InChI is InChI=1S/C12H15NO5/c1-6(14)7-3-4-8(9(13)5-7)10(15)11(16)12(17)18-2/h3-5,10-11,15-16H,13H2,1-2H3. The molecule has 1 aromatic rings. The Morgan fingerprint density at radius 1 is 1.33 bits per heavy atom. The molecular weight excluding hydrogens is 238 g/mol. The summed E-state index contributed by atoms with van der Waals surface area (Å²) in [6, 6.07) is 4.23. The Morgan fingerprint density at radius 2 is 1.94 bits per heavy atom. The molecule has 0 aliphatic rings. The summed E-state index contributed by atoms with van der Waals surface area (Å²) in [6.45, 7) is 1.38. The van der Waals surface area contributed by atoms with Gasteiger partial charge in [0, 0.05) is 16.8 Å². The molecule has 0 saturated carbocycles. The van der Waals surface area contributed by atoms with Gasteiger partial charge in [0.25, 0.3) is 0 Å². The zero-order valence-electron chi connectivity index (χ0n) is 10.1. The second-order valence-corrected chi connectivity index (χ2v) is 3.81. The van der Waals surface area contributed by atoms with Crippen LogP contribution in [0, 0.1) is 0 Å². The highest BCUT2D eigenvalue weighted by Crippen LogP contribution is 2.25. The normalized spacial score (nSPS) is 13.8. The van der Waals surface area contributed by atoms with Crippen molar-refractivity contribution in [2.45, 2.75) is 19.1 Å². The minimum Gasteiger partial charge on any atom is -0.467 e. The first kappa shape index (κ1) is 14.1. The maximum absolute atomic E-state index is 11.1.